The molecule has 1 radical (unpaired) electrons. The molecule has 0 bridgehead atoms. The van der Waals surface area contributed by atoms with Crippen LogP contribution in [0.25, 0.3) is 4.85 Å². The van der Waals surface area contributed by atoms with Crippen LogP contribution >= 0.6 is 0 Å². The van der Waals surface area contributed by atoms with Crippen LogP contribution in [0.15, 0.2) is 11.5 Å². The molecule has 1 N–H and O–H groups in total. The average molecular weight is 357 g/mol. The number of aliphatic hydroxyl groups excluding tert-OH is 1. The van der Waals surface area contributed by atoms with Crippen molar-refractivity contribution in [2.45, 2.75) is 51.6 Å². The number of rotatable bonds is 8. The second-order valence-electron chi connectivity index (χ2n) is 4.21. The van der Waals surface area contributed by atoms with Crippen LogP contribution in [-0.2, 0) is 26.6 Å². The Hall–Kier alpha value is -1.19. The molecular weight excluding hydrogens is 339 g/mol. The Morgan fingerprint density at radius 2 is 1.71 bits per heavy atom. The molecule has 0 aliphatic carbocycles. The Balaban J connectivity index is 0. The summed E-state index contributed by atoms with van der Waals surface area (Å²) in [5.41, 5.74) is -1.43. The molecule has 125 valence electrons. The maximum atomic E-state index is 12.1. The fourth-order valence-corrected chi connectivity index (χ4v) is 1.45. The molecule has 0 atom stereocenters. The van der Waals surface area contributed by atoms with E-state index in [9.17, 15) is 18.0 Å². The minimum atomic E-state index is -5.13. The molecule has 0 unspecified atom stereocenters. The zero-order valence-electron chi connectivity index (χ0n) is 11.6. The standard InChI is InChI=1S/C13H18F3NO3.Cu/c1-3-4-5-6-7-8-9-20-12(19)10(17-2)11(18)13(14,15)16;/h18H,3-9H2,1H3;/b11-10+;. The first-order valence-electron chi connectivity index (χ1n) is 6.39. The summed E-state index contributed by atoms with van der Waals surface area (Å²) in [5, 5.41) is 8.76. The van der Waals surface area contributed by atoms with E-state index in [0.717, 1.165) is 32.1 Å². The van der Waals surface area contributed by atoms with E-state index in [2.05, 4.69) is 16.5 Å². The minimum absolute atomic E-state index is 0. The van der Waals surface area contributed by atoms with E-state index in [4.69, 9.17) is 11.7 Å². The number of unbranched alkanes of at least 4 members (excludes halogenated alkanes) is 5. The van der Waals surface area contributed by atoms with Crippen molar-refractivity contribution in [3.63, 3.8) is 0 Å². The molecule has 0 saturated heterocycles. The van der Waals surface area contributed by atoms with Gasteiger partial charge in [-0.3, -0.25) is 4.79 Å². The van der Waals surface area contributed by atoms with Crippen LogP contribution in [0.1, 0.15) is 45.4 Å². The maximum Gasteiger partial charge on any atom is 0.438 e. The molecule has 21 heavy (non-hydrogen) atoms. The Bertz CT molecular complexity index is 389. The van der Waals surface area contributed by atoms with Gasteiger partial charge in [0, 0.05) is 17.1 Å². The summed E-state index contributed by atoms with van der Waals surface area (Å²) in [5.74, 6) is -3.65. The van der Waals surface area contributed by atoms with E-state index in [1.165, 1.54) is 0 Å². The van der Waals surface area contributed by atoms with Gasteiger partial charge in [-0.1, -0.05) is 39.0 Å². The third-order valence-corrected chi connectivity index (χ3v) is 2.53. The largest absolute Gasteiger partial charge is 0.515 e. The van der Waals surface area contributed by atoms with Crippen molar-refractivity contribution < 1.29 is 44.9 Å². The fourth-order valence-electron chi connectivity index (χ4n) is 1.45. The molecule has 0 amide bonds. The SMILES string of the molecule is [C-]#[N+]/C(C(=O)OCCCCCCCC)=C(/O)C(F)(F)F.[Cu]. The minimum Gasteiger partial charge on any atom is -0.515 e. The van der Waals surface area contributed by atoms with E-state index < -0.39 is 23.6 Å². The Morgan fingerprint density at radius 3 is 2.19 bits per heavy atom. The van der Waals surface area contributed by atoms with Gasteiger partial charge in [-0.15, -0.1) is 0 Å². The summed E-state index contributed by atoms with van der Waals surface area (Å²) in [6, 6.07) is 0. The van der Waals surface area contributed by atoms with E-state index in [0.29, 0.717) is 6.42 Å². The van der Waals surface area contributed by atoms with Gasteiger partial charge in [-0.25, -0.2) is 4.85 Å². The molecule has 0 aromatic carbocycles. The van der Waals surface area contributed by atoms with Crippen molar-refractivity contribution in [1.29, 1.82) is 0 Å². The molecule has 8 heteroatoms. The molecular formula is C13H18CuF3NO3. The van der Waals surface area contributed by atoms with Crippen LogP contribution in [0, 0.1) is 6.57 Å². The van der Waals surface area contributed by atoms with Crippen LogP contribution in [0.3, 0.4) is 0 Å². The second kappa shape index (κ2) is 11.5. The number of carbonyl (C=O) groups excluding carboxylic acids is 1. The van der Waals surface area contributed by atoms with Gasteiger partial charge in [0.25, 0.3) is 0 Å². The van der Waals surface area contributed by atoms with Crippen molar-refractivity contribution in [2.75, 3.05) is 6.61 Å². The summed E-state index contributed by atoms with van der Waals surface area (Å²) >= 11 is 0. The monoisotopic (exact) mass is 356 g/mol. The number of alkyl halides is 3. The van der Waals surface area contributed by atoms with Crippen molar-refractivity contribution >= 4 is 5.97 Å². The molecule has 0 heterocycles. The van der Waals surface area contributed by atoms with Crippen molar-refractivity contribution in [3.8, 4) is 0 Å². The molecule has 0 spiro atoms. The van der Waals surface area contributed by atoms with E-state index in [1.807, 2.05) is 0 Å². The van der Waals surface area contributed by atoms with Crippen LogP contribution in [0.2, 0.25) is 0 Å². The third kappa shape index (κ3) is 9.38. The number of ether oxygens (including phenoxy) is 1. The molecule has 0 aromatic rings. The molecule has 4 nitrogen and oxygen atoms in total. The van der Waals surface area contributed by atoms with E-state index >= 15 is 0 Å². The van der Waals surface area contributed by atoms with Gasteiger partial charge < -0.3 is 9.84 Å². The van der Waals surface area contributed by atoms with Gasteiger partial charge in [0.1, 0.15) is 0 Å². The Labute approximate surface area is 132 Å². The summed E-state index contributed by atoms with van der Waals surface area (Å²) in [6.07, 6.45) is 0.439. The fraction of sp³-hybridized carbons (Fsp3) is 0.692. The van der Waals surface area contributed by atoms with Crippen LogP contribution in [0.5, 0.6) is 0 Å². The van der Waals surface area contributed by atoms with Crippen LogP contribution < -0.4 is 0 Å². The number of halogens is 3. The predicted octanol–water partition coefficient (Wildman–Crippen LogP) is 4.14. The summed E-state index contributed by atoms with van der Waals surface area (Å²) in [4.78, 5) is 13.6. The zero-order valence-corrected chi connectivity index (χ0v) is 12.5. The number of allylic oxidation sites excluding steroid dienone is 1. The van der Waals surface area contributed by atoms with Gasteiger partial charge in [-0.05, 0) is 6.42 Å². The van der Waals surface area contributed by atoms with Gasteiger partial charge in [-0.2, -0.15) is 13.2 Å². The van der Waals surface area contributed by atoms with Crippen LogP contribution in [-0.4, -0.2) is 23.9 Å². The summed E-state index contributed by atoms with van der Waals surface area (Å²) in [6.45, 7) is 8.52. The molecule has 0 rings (SSSR count). The Morgan fingerprint density at radius 1 is 1.19 bits per heavy atom. The number of esters is 1. The van der Waals surface area contributed by atoms with Crippen molar-refractivity contribution in [2.24, 2.45) is 0 Å². The van der Waals surface area contributed by atoms with E-state index in [-0.39, 0.29) is 23.7 Å². The number of nitrogens with zero attached hydrogens (tertiary/aromatic N) is 1. The van der Waals surface area contributed by atoms with Crippen molar-refractivity contribution in [3.05, 3.63) is 22.9 Å². The molecule has 0 saturated carbocycles. The first-order valence-corrected chi connectivity index (χ1v) is 6.39. The van der Waals surface area contributed by atoms with Gasteiger partial charge in [0.2, 0.25) is 5.76 Å². The number of aliphatic hydroxyl groups is 1. The third-order valence-electron chi connectivity index (χ3n) is 2.53. The Kier molecular flexibility index (Phi) is 12.1. The van der Waals surface area contributed by atoms with E-state index in [1.54, 1.807) is 0 Å². The zero-order chi connectivity index (χ0) is 15.6. The van der Waals surface area contributed by atoms with Crippen molar-refractivity contribution in [1.82, 2.24) is 0 Å². The summed E-state index contributed by atoms with van der Waals surface area (Å²) in [7, 11) is 0. The number of hydrogen-bond acceptors (Lipinski definition) is 3. The van der Waals surface area contributed by atoms with Crippen LogP contribution in [0.4, 0.5) is 13.2 Å². The maximum absolute atomic E-state index is 12.1. The van der Waals surface area contributed by atoms with Gasteiger partial charge in [0.15, 0.2) is 0 Å². The first kappa shape index (κ1) is 22.1. The smallest absolute Gasteiger partial charge is 0.438 e. The predicted molar refractivity (Wildman–Crippen MR) is 66.6 cm³/mol. The number of carbonyl (C=O) groups is 1. The molecule has 0 fully saturated rings. The summed E-state index contributed by atoms with van der Waals surface area (Å²) < 4.78 is 41.0. The first-order chi connectivity index (χ1) is 9.34. The molecule has 0 aromatic heterocycles. The molecule has 0 aliphatic rings. The number of hydrogen-bond donors (Lipinski definition) is 1. The van der Waals surface area contributed by atoms with Gasteiger partial charge in [0.05, 0.1) is 13.2 Å². The quantitative estimate of drug-likeness (QED) is 0.177. The molecule has 0 aliphatic heterocycles. The topological polar surface area (TPSA) is 50.9 Å². The normalized spacial score (nSPS) is 12.0. The second-order valence-corrected chi connectivity index (χ2v) is 4.21. The average Bonchev–Trinajstić information content (AvgIpc) is 2.37. The van der Waals surface area contributed by atoms with Gasteiger partial charge >= 0.3 is 17.8 Å².